The normalized spacial score (nSPS) is 15.6. The summed E-state index contributed by atoms with van der Waals surface area (Å²) < 4.78 is 11.2. The maximum atomic E-state index is 8.94. The standard InChI is InChI=1S/C9H10BrNO3/c10-6-2-9-8(13-4-14-9)1-5(6)7(11)3-12/h1-2,7,12H,3-4,11H2/t7-/m1/s1. The monoisotopic (exact) mass is 259 g/mol. The molecule has 0 aliphatic carbocycles. The first-order valence-corrected chi connectivity index (χ1v) is 4.97. The lowest BCUT2D eigenvalue weighted by Crippen LogP contribution is -2.14. The van der Waals surface area contributed by atoms with E-state index in [-0.39, 0.29) is 13.4 Å². The van der Waals surface area contributed by atoms with Crippen LogP contribution in [-0.4, -0.2) is 18.5 Å². The lowest BCUT2D eigenvalue weighted by molar-refractivity contribution is 0.174. The van der Waals surface area contributed by atoms with Gasteiger partial charge < -0.3 is 20.3 Å². The molecule has 0 aromatic heterocycles. The molecular formula is C9H10BrNO3. The van der Waals surface area contributed by atoms with Crippen LogP contribution in [0.3, 0.4) is 0 Å². The second kappa shape index (κ2) is 3.76. The summed E-state index contributed by atoms with van der Waals surface area (Å²) in [4.78, 5) is 0. The van der Waals surface area contributed by atoms with E-state index >= 15 is 0 Å². The fourth-order valence-electron chi connectivity index (χ4n) is 1.32. The number of nitrogens with two attached hydrogens (primary N) is 1. The summed E-state index contributed by atoms with van der Waals surface area (Å²) >= 11 is 3.36. The summed E-state index contributed by atoms with van der Waals surface area (Å²) in [5.41, 5.74) is 6.53. The number of halogens is 1. The molecule has 1 atom stereocenters. The Balaban J connectivity index is 2.42. The van der Waals surface area contributed by atoms with Gasteiger partial charge in [-0.2, -0.15) is 0 Å². The van der Waals surface area contributed by atoms with Crippen LogP contribution in [0.5, 0.6) is 11.5 Å². The first-order valence-electron chi connectivity index (χ1n) is 4.18. The number of fused-ring (bicyclic) bond motifs is 1. The van der Waals surface area contributed by atoms with Crippen LogP contribution in [0.2, 0.25) is 0 Å². The molecule has 1 aliphatic rings. The Hall–Kier alpha value is -0.780. The van der Waals surface area contributed by atoms with Crippen LogP contribution in [0.1, 0.15) is 11.6 Å². The van der Waals surface area contributed by atoms with Crippen molar-refractivity contribution in [2.45, 2.75) is 6.04 Å². The Labute approximate surface area is 89.7 Å². The predicted molar refractivity (Wildman–Crippen MR) is 54.3 cm³/mol. The van der Waals surface area contributed by atoms with Crippen molar-refractivity contribution in [3.63, 3.8) is 0 Å². The molecule has 0 bridgehead atoms. The molecule has 3 N–H and O–H groups in total. The molecular weight excluding hydrogens is 250 g/mol. The molecule has 1 aliphatic heterocycles. The van der Waals surface area contributed by atoms with E-state index in [0.717, 1.165) is 10.0 Å². The van der Waals surface area contributed by atoms with Gasteiger partial charge >= 0.3 is 0 Å². The Bertz CT molecular complexity index is 356. The van der Waals surface area contributed by atoms with Gasteiger partial charge in [0, 0.05) is 4.47 Å². The third-order valence-electron chi connectivity index (χ3n) is 2.09. The predicted octanol–water partition coefficient (Wildman–Crippen LogP) is 1.17. The fourth-order valence-corrected chi connectivity index (χ4v) is 1.93. The topological polar surface area (TPSA) is 64.7 Å². The van der Waals surface area contributed by atoms with E-state index in [4.69, 9.17) is 20.3 Å². The molecule has 0 amide bonds. The van der Waals surface area contributed by atoms with Crippen molar-refractivity contribution in [3.8, 4) is 11.5 Å². The maximum Gasteiger partial charge on any atom is 0.231 e. The molecule has 14 heavy (non-hydrogen) atoms. The molecule has 0 saturated carbocycles. The third kappa shape index (κ3) is 1.58. The summed E-state index contributed by atoms with van der Waals surface area (Å²) in [6.45, 7) is 0.137. The number of rotatable bonds is 2. The van der Waals surface area contributed by atoms with Gasteiger partial charge in [0.15, 0.2) is 11.5 Å². The van der Waals surface area contributed by atoms with Gasteiger partial charge in [-0.3, -0.25) is 0 Å². The number of hydrogen-bond donors (Lipinski definition) is 2. The van der Waals surface area contributed by atoms with E-state index in [1.165, 1.54) is 0 Å². The second-order valence-corrected chi connectivity index (χ2v) is 3.87. The summed E-state index contributed by atoms with van der Waals surface area (Å²) in [5.74, 6) is 1.37. The third-order valence-corrected chi connectivity index (χ3v) is 2.77. The smallest absolute Gasteiger partial charge is 0.231 e. The van der Waals surface area contributed by atoms with Crippen molar-refractivity contribution in [3.05, 3.63) is 22.2 Å². The highest BCUT2D eigenvalue weighted by Crippen LogP contribution is 2.38. The van der Waals surface area contributed by atoms with E-state index in [1.54, 1.807) is 12.1 Å². The van der Waals surface area contributed by atoms with Crippen LogP contribution < -0.4 is 15.2 Å². The maximum absolute atomic E-state index is 8.94. The van der Waals surface area contributed by atoms with Crippen molar-refractivity contribution in [1.29, 1.82) is 0 Å². The van der Waals surface area contributed by atoms with E-state index in [0.29, 0.717) is 11.5 Å². The summed E-state index contributed by atoms with van der Waals surface area (Å²) in [6, 6.07) is 3.18. The first kappa shape index (κ1) is 9.76. The number of hydrogen-bond acceptors (Lipinski definition) is 4. The van der Waals surface area contributed by atoms with Crippen molar-refractivity contribution in [2.24, 2.45) is 5.73 Å². The molecule has 4 nitrogen and oxygen atoms in total. The molecule has 2 rings (SSSR count). The van der Waals surface area contributed by atoms with Crippen molar-refractivity contribution in [2.75, 3.05) is 13.4 Å². The van der Waals surface area contributed by atoms with E-state index in [2.05, 4.69) is 15.9 Å². The van der Waals surface area contributed by atoms with Gasteiger partial charge in [-0.1, -0.05) is 15.9 Å². The molecule has 0 unspecified atom stereocenters. The average Bonchev–Trinajstić information content (AvgIpc) is 2.62. The summed E-state index contributed by atoms with van der Waals surface area (Å²) in [7, 11) is 0. The van der Waals surface area contributed by atoms with Crippen LogP contribution in [0.25, 0.3) is 0 Å². The van der Waals surface area contributed by atoms with E-state index in [1.807, 2.05) is 0 Å². The second-order valence-electron chi connectivity index (χ2n) is 3.02. The number of ether oxygens (including phenoxy) is 2. The molecule has 0 saturated heterocycles. The zero-order valence-electron chi connectivity index (χ0n) is 7.37. The lowest BCUT2D eigenvalue weighted by Gasteiger charge is -2.11. The van der Waals surface area contributed by atoms with Gasteiger partial charge in [-0.15, -0.1) is 0 Å². The summed E-state index contributed by atoms with van der Waals surface area (Å²) in [5, 5.41) is 8.94. The average molecular weight is 260 g/mol. The SMILES string of the molecule is N[C@H](CO)c1cc2c(cc1Br)OCO2. The fraction of sp³-hybridized carbons (Fsp3) is 0.333. The first-order chi connectivity index (χ1) is 6.72. The highest BCUT2D eigenvalue weighted by molar-refractivity contribution is 9.10. The Morgan fingerprint density at radius 1 is 1.43 bits per heavy atom. The van der Waals surface area contributed by atoms with Crippen LogP contribution in [-0.2, 0) is 0 Å². The van der Waals surface area contributed by atoms with E-state index < -0.39 is 6.04 Å². The molecule has 1 aromatic rings. The van der Waals surface area contributed by atoms with Gasteiger partial charge in [0.2, 0.25) is 6.79 Å². The molecule has 0 fully saturated rings. The Morgan fingerprint density at radius 2 is 2.07 bits per heavy atom. The van der Waals surface area contributed by atoms with Crippen LogP contribution >= 0.6 is 15.9 Å². The van der Waals surface area contributed by atoms with Crippen LogP contribution in [0.15, 0.2) is 16.6 Å². The zero-order valence-corrected chi connectivity index (χ0v) is 8.95. The van der Waals surface area contributed by atoms with E-state index in [9.17, 15) is 0 Å². The highest BCUT2D eigenvalue weighted by Gasteiger charge is 2.18. The largest absolute Gasteiger partial charge is 0.454 e. The Morgan fingerprint density at radius 3 is 2.71 bits per heavy atom. The van der Waals surface area contributed by atoms with Crippen molar-refractivity contribution >= 4 is 15.9 Å². The van der Waals surface area contributed by atoms with Gasteiger partial charge in [0.05, 0.1) is 12.6 Å². The zero-order chi connectivity index (χ0) is 10.1. The number of benzene rings is 1. The quantitative estimate of drug-likeness (QED) is 0.837. The molecule has 76 valence electrons. The van der Waals surface area contributed by atoms with Gasteiger partial charge in [-0.25, -0.2) is 0 Å². The van der Waals surface area contributed by atoms with Crippen LogP contribution in [0, 0.1) is 0 Å². The van der Waals surface area contributed by atoms with Crippen molar-refractivity contribution in [1.82, 2.24) is 0 Å². The minimum atomic E-state index is -0.404. The van der Waals surface area contributed by atoms with Crippen molar-refractivity contribution < 1.29 is 14.6 Å². The van der Waals surface area contributed by atoms with Gasteiger partial charge in [-0.05, 0) is 17.7 Å². The Kier molecular flexibility index (Phi) is 2.62. The molecule has 5 heteroatoms. The molecule has 1 heterocycles. The minimum Gasteiger partial charge on any atom is -0.454 e. The molecule has 0 spiro atoms. The number of aliphatic hydroxyl groups is 1. The molecule has 0 radical (unpaired) electrons. The van der Waals surface area contributed by atoms with Gasteiger partial charge in [0.1, 0.15) is 0 Å². The minimum absolute atomic E-state index is 0.0990. The lowest BCUT2D eigenvalue weighted by atomic mass is 10.1. The highest BCUT2D eigenvalue weighted by atomic mass is 79.9. The number of aliphatic hydroxyl groups excluding tert-OH is 1. The molecule has 1 aromatic carbocycles. The van der Waals surface area contributed by atoms with Gasteiger partial charge in [0.25, 0.3) is 0 Å². The summed E-state index contributed by atoms with van der Waals surface area (Å²) in [6.07, 6.45) is 0. The van der Waals surface area contributed by atoms with Crippen LogP contribution in [0.4, 0.5) is 0 Å².